The van der Waals surface area contributed by atoms with Crippen LogP contribution in [0.1, 0.15) is 25.0 Å². The lowest BCUT2D eigenvalue weighted by Gasteiger charge is -2.09. The summed E-state index contributed by atoms with van der Waals surface area (Å²) < 4.78 is 0. The first kappa shape index (κ1) is 15.3. The standard InChI is InChI=1S/C15H23N3OS/c19-15(18-9-5-13-4-8-16-11-13)6-10-20-12-14-3-1-2-7-17-14/h1-3,7,13,16H,4-6,8-12H2,(H,18,19). The first-order valence-corrected chi connectivity index (χ1v) is 8.45. The summed E-state index contributed by atoms with van der Waals surface area (Å²) in [4.78, 5) is 15.9. The summed E-state index contributed by atoms with van der Waals surface area (Å²) in [6.45, 7) is 3.05. The van der Waals surface area contributed by atoms with Gasteiger partial charge in [0.05, 0.1) is 5.69 Å². The van der Waals surface area contributed by atoms with E-state index in [2.05, 4.69) is 15.6 Å². The van der Waals surface area contributed by atoms with Crippen molar-refractivity contribution >= 4 is 17.7 Å². The minimum atomic E-state index is 0.171. The normalized spacial score (nSPS) is 18.1. The zero-order chi connectivity index (χ0) is 14.0. The number of pyridine rings is 1. The van der Waals surface area contributed by atoms with Gasteiger partial charge in [0.15, 0.2) is 0 Å². The smallest absolute Gasteiger partial charge is 0.220 e. The molecule has 1 unspecified atom stereocenters. The van der Waals surface area contributed by atoms with Gasteiger partial charge in [-0.25, -0.2) is 0 Å². The number of hydrogen-bond acceptors (Lipinski definition) is 4. The van der Waals surface area contributed by atoms with E-state index >= 15 is 0 Å². The van der Waals surface area contributed by atoms with Crippen LogP contribution in [0.2, 0.25) is 0 Å². The molecule has 1 amide bonds. The van der Waals surface area contributed by atoms with Gasteiger partial charge < -0.3 is 10.6 Å². The van der Waals surface area contributed by atoms with Gasteiger partial charge in [0.1, 0.15) is 0 Å². The fourth-order valence-corrected chi connectivity index (χ4v) is 3.14. The molecule has 0 radical (unpaired) electrons. The average molecular weight is 293 g/mol. The number of amides is 1. The van der Waals surface area contributed by atoms with Crippen LogP contribution in [0.5, 0.6) is 0 Å². The van der Waals surface area contributed by atoms with Crippen LogP contribution in [0.25, 0.3) is 0 Å². The minimum absolute atomic E-state index is 0.171. The van der Waals surface area contributed by atoms with Gasteiger partial charge in [-0.1, -0.05) is 6.07 Å². The minimum Gasteiger partial charge on any atom is -0.356 e. The maximum Gasteiger partial charge on any atom is 0.220 e. The molecule has 1 aliphatic heterocycles. The van der Waals surface area contributed by atoms with Crippen LogP contribution < -0.4 is 10.6 Å². The van der Waals surface area contributed by atoms with Crippen molar-refractivity contribution in [2.45, 2.75) is 25.0 Å². The Kier molecular flexibility index (Phi) is 6.88. The Morgan fingerprint density at radius 3 is 3.20 bits per heavy atom. The van der Waals surface area contributed by atoms with Crippen molar-refractivity contribution in [3.05, 3.63) is 30.1 Å². The number of carbonyl (C=O) groups is 1. The number of rotatable bonds is 8. The molecule has 1 aliphatic rings. The van der Waals surface area contributed by atoms with Gasteiger partial charge in [-0.05, 0) is 44.0 Å². The lowest BCUT2D eigenvalue weighted by molar-refractivity contribution is -0.120. The topological polar surface area (TPSA) is 54.0 Å². The van der Waals surface area contributed by atoms with E-state index in [0.717, 1.165) is 49.2 Å². The van der Waals surface area contributed by atoms with E-state index < -0.39 is 0 Å². The maximum atomic E-state index is 11.7. The zero-order valence-electron chi connectivity index (χ0n) is 11.8. The van der Waals surface area contributed by atoms with Crippen molar-refractivity contribution in [2.24, 2.45) is 5.92 Å². The van der Waals surface area contributed by atoms with Gasteiger partial charge >= 0.3 is 0 Å². The average Bonchev–Trinajstić information content (AvgIpc) is 2.98. The van der Waals surface area contributed by atoms with Crippen molar-refractivity contribution in [3.63, 3.8) is 0 Å². The molecular formula is C15H23N3OS. The Hall–Kier alpha value is -1.07. The highest BCUT2D eigenvalue weighted by Gasteiger charge is 2.13. The molecule has 20 heavy (non-hydrogen) atoms. The van der Waals surface area contributed by atoms with Crippen molar-refractivity contribution in [3.8, 4) is 0 Å². The predicted molar refractivity (Wildman–Crippen MR) is 83.6 cm³/mol. The summed E-state index contributed by atoms with van der Waals surface area (Å²) in [6, 6.07) is 5.93. The SMILES string of the molecule is O=C(CCSCc1ccccn1)NCCC1CCNC1. The molecule has 0 saturated carbocycles. The van der Waals surface area contributed by atoms with E-state index in [-0.39, 0.29) is 5.91 Å². The molecule has 2 heterocycles. The van der Waals surface area contributed by atoms with Gasteiger partial charge in [0.25, 0.3) is 0 Å². The third kappa shape index (κ3) is 5.92. The highest BCUT2D eigenvalue weighted by Crippen LogP contribution is 2.12. The number of hydrogen-bond donors (Lipinski definition) is 2. The van der Waals surface area contributed by atoms with Crippen LogP contribution in [0.3, 0.4) is 0 Å². The van der Waals surface area contributed by atoms with Crippen molar-refractivity contribution in [2.75, 3.05) is 25.4 Å². The number of carbonyl (C=O) groups excluding carboxylic acids is 1. The van der Waals surface area contributed by atoms with E-state index in [0.29, 0.717) is 6.42 Å². The highest BCUT2D eigenvalue weighted by atomic mass is 32.2. The van der Waals surface area contributed by atoms with Gasteiger partial charge in [-0.15, -0.1) is 0 Å². The Morgan fingerprint density at radius 2 is 2.45 bits per heavy atom. The van der Waals surface area contributed by atoms with Gasteiger partial charge in [-0.2, -0.15) is 11.8 Å². The Labute approximate surface area is 125 Å². The third-order valence-corrected chi connectivity index (χ3v) is 4.48. The first-order chi connectivity index (χ1) is 9.84. The number of nitrogens with zero attached hydrogens (tertiary/aromatic N) is 1. The molecule has 0 aliphatic carbocycles. The predicted octanol–water partition coefficient (Wildman–Crippen LogP) is 1.82. The summed E-state index contributed by atoms with van der Waals surface area (Å²) in [5.74, 6) is 2.65. The third-order valence-electron chi connectivity index (χ3n) is 3.49. The summed E-state index contributed by atoms with van der Waals surface area (Å²) in [7, 11) is 0. The van der Waals surface area contributed by atoms with Gasteiger partial charge in [0.2, 0.25) is 5.91 Å². The second kappa shape index (κ2) is 8.97. The molecule has 5 heteroatoms. The number of aromatic nitrogens is 1. The largest absolute Gasteiger partial charge is 0.356 e. The van der Waals surface area contributed by atoms with E-state index in [4.69, 9.17) is 0 Å². The summed E-state index contributed by atoms with van der Waals surface area (Å²) >= 11 is 1.76. The Morgan fingerprint density at radius 1 is 1.50 bits per heavy atom. The van der Waals surface area contributed by atoms with Crippen LogP contribution >= 0.6 is 11.8 Å². The molecule has 2 N–H and O–H groups in total. The van der Waals surface area contributed by atoms with Crippen molar-refractivity contribution < 1.29 is 4.79 Å². The molecule has 1 atom stereocenters. The molecule has 0 aromatic carbocycles. The second-order valence-electron chi connectivity index (χ2n) is 5.12. The molecular weight excluding hydrogens is 270 g/mol. The maximum absolute atomic E-state index is 11.7. The van der Waals surface area contributed by atoms with Crippen molar-refractivity contribution in [1.29, 1.82) is 0 Å². The Balaban J connectivity index is 1.47. The molecule has 1 fully saturated rings. The summed E-state index contributed by atoms with van der Waals surface area (Å²) in [6.07, 6.45) is 4.75. The van der Waals surface area contributed by atoms with E-state index in [1.165, 1.54) is 6.42 Å². The Bertz CT molecular complexity index is 393. The summed E-state index contributed by atoms with van der Waals surface area (Å²) in [5, 5.41) is 6.36. The van der Waals surface area contributed by atoms with Crippen LogP contribution in [0.15, 0.2) is 24.4 Å². The quantitative estimate of drug-likeness (QED) is 0.718. The second-order valence-corrected chi connectivity index (χ2v) is 6.23. The highest BCUT2D eigenvalue weighted by molar-refractivity contribution is 7.98. The molecule has 1 aromatic rings. The monoisotopic (exact) mass is 293 g/mol. The lowest BCUT2D eigenvalue weighted by Crippen LogP contribution is -2.26. The van der Waals surface area contributed by atoms with Crippen LogP contribution in [-0.2, 0) is 10.5 Å². The van der Waals surface area contributed by atoms with E-state index in [1.807, 2.05) is 18.2 Å². The molecule has 0 bridgehead atoms. The fraction of sp³-hybridized carbons (Fsp3) is 0.600. The van der Waals surface area contributed by atoms with E-state index in [1.54, 1.807) is 18.0 Å². The zero-order valence-corrected chi connectivity index (χ0v) is 12.6. The fourth-order valence-electron chi connectivity index (χ4n) is 2.29. The van der Waals surface area contributed by atoms with Crippen LogP contribution in [-0.4, -0.2) is 36.3 Å². The number of nitrogens with one attached hydrogen (secondary N) is 2. The molecule has 1 saturated heterocycles. The molecule has 1 aromatic heterocycles. The number of thioether (sulfide) groups is 1. The van der Waals surface area contributed by atoms with Crippen LogP contribution in [0.4, 0.5) is 0 Å². The van der Waals surface area contributed by atoms with Gasteiger partial charge in [0, 0.05) is 30.7 Å². The van der Waals surface area contributed by atoms with Gasteiger partial charge in [-0.3, -0.25) is 9.78 Å². The molecule has 0 spiro atoms. The lowest BCUT2D eigenvalue weighted by atomic mass is 10.1. The summed E-state index contributed by atoms with van der Waals surface area (Å²) in [5.41, 5.74) is 1.08. The van der Waals surface area contributed by atoms with Crippen LogP contribution in [0, 0.1) is 5.92 Å². The molecule has 2 rings (SSSR count). The molecule has 4 nitrogen and oxygen atoms in total. The van der Waals surface area contributed by atoms with E-state index in [9.17, 15) is 4.79 Å². The first-order valence-electron chi connectivity index (χ1n) is 7.29. The molecule has 110 valence electrons. The van der Waals surface area contributed by atoms with Crippen molar-refractivity contribution in [1.82, 2.24) is 15.6 Å².